The fourth-order valence-electron chi connectivity index (χ4n) is 2.98. The van der Waals surface area contributed by atoms with Crippen LogP contribution in [0.2, 0.25) is 0 Å². The second kappa shape index (κ2) is 7.52. The zero-order chi connectivity index (χ0) is 15.2. The Labute approximate surface area is 125 Å². The molecule has 0 aliphatic heterocycles. The van der Waals surface area contributed by atoms with Crippen molar-refractivity contribution in [2.45, 2.75) is 50.5 Å². The number of nitrogens with two attached hydrogens (primary N) is 1. The molecule has 5 heteroatoms. The smallest absolute Gasteiger partial charge is 0.250 e. The van der Waals surface area contributed by atoms with Gasteiger partial charge < -0.3 is 15.6 Å². The van der Waals surface area contributed by atoms with E-state index in [1.165, 1.54) is 0 Å². The predicted molar refractivity (Wildman–Crippen MR) is 80.2 cm³/mol. The van der Waals surface area contributed by atoms with E-state index in [0.717, 1.165) is 44.2 Å². The summed E-state index contributed by atoms with van der Waals surface area (Å²) in [6, 6.07) is 3.59. The summed E-state index contributed by atoms with van der Waals surface area (Å²) in [7, 11) is 1.67. The average Bonchev–Trinajstić information content (AvgIpc) is 2.48. The number of aliphatic hydroxyl groups excluding tert-OH is 1. The van der Waals surface area contributed by atoms with Gasteiger partial charge in [-0.15, -0.1) is 0 Å². The first kappa shape index (κ1) is 15.9. The molecule has 1 heterocycles. The molecular formula is C16H24N2O3. The van der Waals surface area contributed by atoms with Crippen molar-refractivity contribution in [3.05, 3.63) is 29.1 Å². The third-order valence-electron chi connectivity index (χ3n) is 4.11. The van der Waals surface area contributed by atoms with E-state index in [9.17, 15) is 9.90 Å². The summed E-state index contributed by atoms with van der Waals surface area (Å²) in [4.78, 5) is 16.2. The number of carbonyl (C=O) groups excluding carboxylic acids is 1. The summed E-state index contributed by atoms with van der Waals surface area (Å²) >= 11 is 0. The van der Waals surface area contributed by atoms with Crippen LogP contribution in [0.4, 0.5) is 0 Å². The molecule has 0 saturated heterocycles. The highest BCUT2D eigenvalue weighted by atomic mass is 16.5. The summed E-state index contributed by atoms with van der Waals surface area (Å²) < 4.78 is 5.05. The van der Waals surface area contributed by atoms with Gasteiger partial charge in [0.2, 0.25) is 0 Å². The number of primary amides is 1. The second-order valence-electron chi connectivity index (χ2n) is 5.65. The maximum absolute atomic E-state index is 11.6. The van der Waals surface area contributed by atoms with Crippen LogP contribution in [-0.4, -0.2) is 35.8 Å². The lowest BCUT2D eigenvalue weighted by molar-refractivity contribution is 0.0971. The van der Waals surface area contributed by atoms with E-state index in [0.29, 0.717) is 17.9 Å². The van der Waals surface area contributed by atoms with Crippen molar-refractivity contribution in [1.29, 1.82) is 0 Å². The zero-order valence-electron chi connectivity index (χ0n) is 12.5. The molecule has 3 N–H and O–H groups in total. The first-order valence-corrected chi connectivity index (χ1v) is 7.60. The highest BCUT2D eigenvalue weighted by Gasteiger charge is 2.29. The van der Waals surface area contributed by atoms with E-state index < -0.39 is 12.0 Å². The molecule has 0 unspecified atom stereocenters. The number of amides is 1. The van der Waals surface area contributed by atoms with Crippen molar-refractivity contribution in [1.82, 2.24) is 4.98 Å². The van der Waals surface area contributed by atoms with Gasteiger partial charge in [-0.05, 0) is 37.8 Å². The maximum atomic E-state index is 11.6. The number of aryl methyl sites for hydroxylation is 1. The quantitative estimate of drug-likeness (QED) is 0.783. The number of nitrogens with zero attached hydrogens (tertiary/aromatic N) is 1. The van der Waals surface area contributed by atoms with Crippen molar-refractivity contribution in [2.75, 3.05) is 13.7 Å². The molecule has 116 valence electrons. The lowest BCUT2D eigenvalue weighted by Gasteiger charge is -2.28. The van der Waals surface area contributed by atoms with E-state index in [-0.39, 0.29) is 5.92 Å². The predicted octanol–water partition coefficient (Wildman–Crippen LogP) is 1.78. The molecule has 1 aliphatic rings. The van der Waals surface area contributed by atoms with E-state index in [2.05, 4.69) is 4.98 Å². The molecule has 0 spiro atoms. The molecule has 1 saturated carbocycles. The van der Waals surface area contributed by atoms with Crippen molar-refractivity contribution < 1.29 is 14.6 Å². The van der Waals surface area contributed by atoms with Gasteiger partial charge in [-0.3, -0.25) is 9.78 Å². The summed E-state index contributed by atoms with van der Waals surface area (Å²) in [5, 5.41) is 10.2. The van der Waals surface area contributed by atoms with Crippen LogP contribution in [-0.2, 0) is 11.2 Å². The van der Waals surface area contributed by atoms with Crippen molar-refractivity contribution >= 4 is 5.91 Å². The van der Waals surface area contributed by atoms with Gasteiger partial charge >= 0.3 is 0 Å². The Morgan fingerprint density at radius 1 is 1.43 bits per heavy atom. The van der Waals surface area contributed by atoms with Gasteiger partial charge in [-0.1, -0.05) is 12.8 Å². The Hall–Kier alpha value is -1.46. The number of ether oxygens (including phenoxy) is 1. The molecule has 5 nitrogen and oxygen atoms in total. The minimum Gasteiger partial charge on any atom is -0.392 e. The average molecular weight is 292 g/mol. The monoisotopic (exact) mass is 292 g/mol. The van der Waals surface area contributed by atoms with Gasteiger partial charge in [0.25, 0.3) is 5.91 Å². The van der Waals surface area contributed by atoms with E-state index >= 15 is 0 Å². The standard InChI is InChI=1S/C16H24N2O3/c1-21-10-4-5-11-8-9-13(16(17)20)15(18-11)12-6-2-3-7-14(12)19/h8-9,12,14,19H,2-7,10H2,1H3,(H2,17,20)/t12-,14+/m0/s1. The number of methoxy groups -OCH3 is 1. The molecule has 1 fully saturated rings. The zero-order valence-corrected chi connectivity index (χ0v) is 12.5. The second-order valence-corrected chi connectivity index (χ2v) is 5.65. The molecule has 21 heavy (non-hydrogen) atoms. The minimum atomic E-state index is -0.473. The van der Waals surface area contributed by atoms with Crippen LogP contribution in [0.25, 0.3) is 0 Å². The summed E-state index contributed by atoms with van der Waals surface area (Å²) in [5.74, 6) is -0.553. The Bertz CT molecular complexity index is 490. The largest absolute Gasteiger partial charge is 0.392 e. The lowest BCUT2D eigenvalue weighted by atomic mass is 9.82. The van der Waals surface area contributed by atoms with Crippen LogP contribution >= 0.6 is 0 Å². The molecule has 0 aromatic carbocycles. The number of hydrogen-bond donors (Lipinski definition) is 2. The summed E-state index contributed by atoms with van der Waals surface area (Å²) in [6.07, 6.45) is 4.94. The number of pyridine rings is 1. The van der Waals surface area contributed by atoms with Crippen molar-refractivity contribution in [3.8, 4) is 0 Å². The number of carbonyl (C=O) groups is 1. The maximum Gasteiger partial charge on any atom is 0.250 e. The number of aromatic nitrogens is 1. The Morgan fingerprint density at radius 2 is 2.19 bits per heavy atom. The first-order valence-electron chi connectivity index (χ1n) is 7.60. The van der Waals surface area contributed by atoms with Crippen molar-refractivity contribution in [3.63, 3.8) is 0 Å². The van der Waals surface area contributed by atoms with Crippen LogP contribution in [0.1, 0.15) is 59.8 Å². The third-order valence-corrected chi connectivity index (χ3v) is 4.11. The minimum absolute atomic E-state index is 0.0800. The fraction of sp³-hybridized carbons (Fsp3) is 0.625. The number of rotatable bonds is 6. The van der Waals surface area contributed by atoms with Gasteiger partial charge in [0.15, 0.2) is 0 Å². The molecule has 1 aliphatic carbocycles. The molecule has 0 bridgehead atoms. The van der Waals surface area contributed by atoms with Gasteiger partial charge in [-0.25, -0.2) is 0 Å². The van der Waals surface area contributed by atoms with Crippen LogP contribution in [0, 0.1) is 0 Å². The van der Waals surface area contributed by atoms with E-state index in [1.807, 2.05) is 6.07 Å². The summed E-state index contributed by atoms with van der Waals surface area (Å²) in [6.45, 7) is 0.681. The van der Waals surface area contributed by atoms with E-state index in [4.69, 9.17) is 10.5 Å². The molecule has 1 amide bonds. The van der Waals surface area contributed by atoms with Gasteiger partial charge in [0.05, 0.1) is 17.4 Å². The van der Waals surface area contributed by atoms with Crippen LogP contribution in [0.5, 0.6) is 0 Å². The number of aliphatic hydroxyl groups is 1. The van der Waals surface area contributed by atoms with Crippen molar-refractivity contribution in [2.24, 2.45) is 5.73 Å². The molecular weight excluding hydrogens is 268 g/mol. The Kier molecular flexibility index (Phi) is 5.70. The highest BCUT2D eigenvalue weighted by molar-refractivity contribution is 5.94. The lowest BCUT2D eigenvalue weighted by Crippen LogP contribution is -2.27. The summed E-state index contributed by atoms with van der Waals surface area (Å²) in [5.41, 5.74) is 7.49. The van der Waals surface area contributed by atoms with Gasteiger partial charge in [-0.2, -0.15) is 0 Å². The Balaban J connectivity index is 2.25. The topological polar surface area (TPSA) is 85.4 Å². The Morgan fingerprint density at radius 3 is 2.86 bits per heavy atom. The van der Waals surface area contributed by atoms with E-state index in [1.54, 1.807) is 13.2 Å². The molecule has 1 aromatic rings. The van der Waals surface area contributed by atoms with Crippen LogP contribution in [0.15, 0.2) is 12.1 Å². The third kappa shape index (κ3) is 4.02. The highest BCUT2D eigenvalue weighted by Crippen LogP contribution is 2.33. The fourth-order valence-corrected chi connectivity index (χ4v) is 2.98. The van der Waals surface area contributed by atoms with Crippen LogP contribution in [0.3, 0.4) is 0 Å². The molecule has 2 atom stereocenters. The normalized spacial score (nSPS) is 22.2. The first-order chi connectivity index (χ1) is 10.1. The van der Waals surface area contributed by atoms with Gasteiger partial charge in [0.1, 0.15) is 0 Å². The molecule has 1 aromatic heterocycles. The molecule has 0 radical (unpaired) electrons. The van der Waals surface area contributed by atoms with Crippen LogP contribution < -0.4 is 5.73 Å². The number of hydrogen-bond acceptors (Lipinski definition) is 4. The SMILES string of the molecule is COCCCc1ccc(C(N)=O)c([C@H]2CCCC[C@H]2O)n1. The molecule has 2 rings (SSSR count). The van der Waals surface area contributed by atoms with Gasteiger partial charge in [0, 0.05) is 25.3 Å².